The summed E-state index contributed by atoms with van der Waals surface area (Å²) < 4.78 is 4.92. The molecule has 0 N–H and O–H groups in total. The van der Waals surface area contributed by atoms with Crippen LogP contribution in [-0.2, 0) is 20.7 Å². The molecule has 0 aliphatic heterocycles. The monoisotopic (exact) mass is 280 g/mol. The third kappa shape index (κ3) is 3.57. The third-order valence-corrected chi connectivity index (χ3v) is 3.76. The molecule has 1 fully saturated rings. The minimum absolute atomic E-state index is 0.137. The fourth-order valence-electron chi connectivity index (χ4n) is 2.21. The Labute approximate surface area is 117 Å². The lowest BCUT2D eigenvalue weighted by molar-refractivity contribution is -0.145. The summed E-state index contributed by atoms with van der Waals surface area (Å²) in [5.74, 6) is -0.447. The molecule has 0 heterocycles. The molecule has 0 saturated heterocycles. The average molecular weight is 281 g/mol. The van der Waals surface area contributed by atoms with Crippen molar-refractivity contribution in [2.24, 2.45) is 11.8 Å². The highest BCUT2D eigenvalue weighted by Gasteiger charge is 2.48. The van der Waals surface area contributed by atoms with Gasteiger partial charge in [-0.2, -0.15) is 0 Å². The molecule has 4 heteroatoms. The van der Waals surface area contributed by atoms with Crippen molar-refractivity contribution in [1.29, 1.82) is 0 Å². The number of rotatable bonds is 6. The molecule has 0 amide bonds. The van der Waals surface area contributed by atoms with Crippen LogP contribution in [0.25, 0.3) is 0 Å². The average Bonchev–Trinajstić information content (AvgIpc) is 3.18. The van der Waals surface area contributed by atoms with E-state index in [9.17, 15) is 9.59 Å². The molecule has 1 aromatic rings. The Hall–Kier alpha value is -1.35. The predicted octanol–water partition coefficient (Wildman–Crippen LogP) is 3.04. The molecule has 2 atom stereocenters. The van der Waals surface area contributed by atoms with Crippen LogP contribution < -0.4 is 0 Å². The summed E-state index contributed by atoms with van der Waals surface area (Å²) in [6.45, 7) is 2.14. The second-order valence-electron chi connectivity index (χ2n) is 4.76. The molecule has 2 rings (SSSR count). The molecular formula is C15H17ClO3. The fourth-order valence-corrected chi connectivity index (χ4v) is 2.44. The maximum Gasteiger partial charge on any atom is 0.309 e. The lowest BCUT2D eigenvalue weighted by Crippen LogP contribution is -2.12. The summed E-state index contributed by atoms with van der Waals surface area (Å²) in [5, 5.41) is 0.688. The number of carbonyl (C=O) groups excluding carboxylic acids is 2. The van der Waals surface area contributed by atoms with E-state index in [4.69, 9.17) is 16.3 Å². The zero-order valence-corrected chi connectivity index (χ0v) is 11.7. The van der Waals surface area contributed by atoms with E-state index in [1.807, 2.05) is 24.3 Å². The van der Waals surface area contributed by atoms with Gasteiger partial charge in [-0.15, -0.1) is 0 Å². The van der Waals surface area contributed by atoms with E-state index in [1.165, 1.54) is 0 Å². The summed E-state index contributed by atoms with van der Waals surface area (Å²) in [7, 11) is 0. The summed E-state index contributed by atoms with van der Waals surface area (Å²) in [4.78, 5) is 23.4. The highest BCUT2D eigenvalue weighted by atomic mass is 35.5. The third-order valence-electron chi connectivity index (χ3n) is 3.39. The Morgan fingerprint density at radius 1 is 1.32 bits per heavy atom. The highest BCUT2D eigenvalue weighted by Crippen LogP contribution is 2.41. The molecule has 102 valence electrons. The van der Waals surface area contributed by atoms with Crippen molar-refractivity contribution in [2.75, 3.05) is 6.61 Å². The molecule has 1 saturated carbocycles. The van der Waals surface area contributed by atoms with Crippen molar-refractivity contribution in [1.82, 2.24) is 0 Å². The molecule has 1 aliphatic carbocycles. The maximum atomic E-state index is 12.0. The Balaban J connectivity index is 1.81. The van der Waals surface area contributed by atoms with Crippen LogP contribution in [0.1, 0.15) is 25.3 Å². The molecule has 1 aliphatic rings. The first kappa shape index (κ1) is 14.1. The first-order chi connectivity index (χ1) is 9.13. The molecule has 0 unspecified atom stereocenters. The Morgan fingerprint density at radius 3 is 2.74 bits per heavy atom. The van der Waals surface area contributed by atoms with Gasteiger partial charge in [0.1, 0.15) is 5.78 Å². The maximum absolute atomic E-state index is 12.0. The Bertz CT molecular complexity index is 484. The van der Waals surface area contributed by atoms with Crippen LogP contribution in [0.3, 0.4) is 0 Å². The predicted molar refractivity (Wildman–Crippen MR) is 73.0 cm³/mol. The second kappa shape index (κ2) is 6.20. The number of Topliss-reactive ketones (excluding diaryl/α,β-unsaturated/α-hetero) is 1. The van der Waals surface area contributed by atoms with Gasteiger partial charge >= 0.3 is 5.97 Å². The zero-order chi connectivity index (χ0) is 13.8. The van der Waals surface area contributed by atoms with E-state index in [1.54, 1.807) is 6.92 Å². The topological polar surface area (TPSA) is 43.4 Å². The first-order valence-corrected chi connectivity index (χ1v) is 6.94. The molecule has 3 nitrogen and oxygen atoms in total. The van der Waals surface area contributed by atoms with Crippen LogP contribution in [0.5, 0.6) is 0 Å². The van der Waals surface area contributed by atoms with E-state index in [2.05, 4.69) is 0 Å². The molecule has 0 spiro atoms. The Morgan fingerprint density at radius 2 is 2.05 bits per heavy atom. The summed E-state index contributed by atoms with van der Waals surface area (Å²) in [6.07, 6.45) is 1.70. The zero-order valence-electron chi connectivity index (χ0n) is 10.9. The number of halogens is 1. The van der Waals surface area contributed by atoms with E-state index in [-0.39, 0.29) is 23.6 Å². The van der Waals surface area contributed by atoms with E-state index < -0.39 is 0 Å². The van der Waals surface area contributed by atoms with Crippen LogP contribution in [0.15, 0.2) is 24.3 Å². The van der Waals surface area contributed by atoms with E-state index in [0.29, 0.717) is 30.9 Å². The van der Waals surface area contributed by atoms with Gasteiger partial charge in [0.2, 0.25) is 0 Å². The molecular weight excluding hydrogens is 264 g/mol. The normalized spacial score (nSPS) is 20.9. The van der Waals surface area contributed by atoms with Gasteiger partial charge in [0.05, 0.1) is 12.5 Å². The number of hydrogen-bond acceptors (Lipinski definition) is 3. The summed E-state index contributed by atoms with van der Waals surface area (Å²) in [6, 6.07) is 7.51. The van der Waals surface area contributed by atoms with Crippen LogP contribution >= 0.6 is 11.6 Å². The van der Waals surface area contributed by atoms with Crippen molar-refractivity contribution in [3.05, 3.63) is 34.9 Å². The Kier molecular flexibility index (Phi) is 4.59. The van der Waals surface area contributed by atoms with Gasteiger partial charge in [-0.1, -0.05) is 29.8 Å². The lowest BCUT2D eigenvalue weighted by Gasteiger charge is -2.03. The van der Waals surface area contributed by atoms with Gasteiger partial charge in [0, 0.05) is 17.4 Å². The number of ether oxygens (including phenoxy) is 1. The number of esters is 1. The van der Waals surface area contributed by atoms with Crippen LogP contribution in [-0.4, -0.2) is 18.4 Å². The van der Waals surface area contributed by atoms with E-state index in [0.717, 1.165) is 5.56 Å². The standard InChI is InChI=1S/C15H17ClO3/c1-2-19-15(18)12-9-11(12)14(17)8-7-10-5-3-4-6-13(10)16/h3-6,11-12H,2,7-9H2,1H3/t11-,12-/m0/s1. The fraction of sp³-hybridized carbons (Fsp3) is 0.467. The van der Waals surface area contributed by atoms with Crippen molar-refractivity contribution < 1.29 is 14.3 Å². The highest BCUT2D eigenvalue weighted by molar-refractivity contribution is 6.31. The minimum Gasteiger partial charge on any atom is -0.466 e. The van der Waals surface area contributed by atoms with Crippen molar-refractivity contribution in [2.45, 2.75) is 26.2 Å². The van der Waals surface area contributed by atoms with Gasteiger partial charge < -0.3 is 4.74 Å². The second-order valence-corrected chi connectivity index (χ2v) is 5.17. The van der Waals surface area contributed by atoms with Gasteiger partial charge in [-0.05, 0) is 31.4 Å². The van der Waals surface area contributed by atoms with E-state index >= 15 is 0 Å². The van der Waals surface area contributed by atoms with Crippen molar-refractivity contribution in [3.63, 3.8) is 0 Å². The van der Waals surface area contributed by atoms with Crippen LogP contribution in [0, 0.1) is 11.8 Å². The first-order valence-electron chi connectivity index (χ1n) is 6.56. The molecule has 19 heavy (non-hydrogen) atoms. The SMILES string of the molecule is CCOC(=O)[C@H]1C[C@@H]1C(=O)CCc1ccccc1Cl. The van der Waals surface area contributed by atoms with Gasteiger partial charge in [0.15, 0.2) is 0 Å². The summed E-state index contributed by atoms with van der Waals surface area (Å²) >= 11 is 6.04. The number of hydrogen-bond donors (Lipinski definition) is 0. The summed E-state index contributed by atoms with van der Waals surface area (Å²) in [5.41, 5.74) is 0.978. The quantitative estimate of drug-likeness (QED) is 0.752. The minimum atomic E-state index is -0.237. The van der Waals surface area contributed by atoms with Gasteiger partial charge in [-0.25, -0.2) is 0 Å². The molecule has 1 aromatic carbocycles. The molecule has 0 aromatic heterocycles. The van der Waals surface area contributed by atoms with Crippen molar-refractivity contribution >= 4 is 23.4 Å². The van der Waals surface area contributed by atoms with Crippen molar-refractivity contribution in [3.8, 4) is 0 Å². The molecule has 0 bridgehead atoms. The van der Waals surface area contributed by atoms with Gasteiger partial charge in [0.25, 0.3) is 0 Å². The number of carbonyl (C=O) groups is 2. The number of ketones is 1. The van der Waals surface area contributed by atoms with Crippen LogP contribution in [0.2, 0.25) is 5.02 Å². The molecule has 0 radical (unpaired) electrons. The number of aryl methyl sites for hydroxylation is 1. The lowest BCUT2D eigenvalue weighted by atomic mass is 10.0. The van der Waals surface area contributed by atoms with Gasteiger partial charge in [-0.3, -0.25) is 9.59 Å². The smallest absolute Gasteiger partial charge is 0.309 e. The largest absolute Gasteiger partial charge is 0.466 e. The number of benzene rings is 1. The van der Waals surface area contributed by atoms with Crippen LogP contribution in [0.4, 0.5) is 0 Å².